The molecular weight excluding hydrogens is 456 g/mol. The third-order valence-electron chi connectivity index (χ3n) is 7.15. The van der Waals surface area contributed by atoms with Crippen molar-refractivity contribution in [3.05, 3.63) is 42.0 Å². The topological polar surface area (TPSA) is 94.5 Å². The minimum absolute atomic E-state index is 0.109. The summed E-state index contributed by atoms with van der Waals surface area (Å²) in [6.07, 6.45) is 11.5. The molecule has 0 atom stereocenters. The monoisotopic (exact) mass is 492 g/mol. The molecule has 0 radical (unpaired) electrons. The molecule has 5 rings (SSSR count). The van der Waals surface area contributed by atoms with Crippen molar-refractivity contribution >= 4 is 11.6 Å². The molecule has 2 aliphatic rings. The molecule has 2 fully saturated rings. The Bertz CT molecular complexity index is 1130. The van der Waals surface area contributed by atoms with Gasteiger partial charge in [0.1, 0.15) is 5.69 Å². The molecule has 8 heteroatoms. The summed E-state index contributed by atoms with van der Waals surface area (Å²) in [7, 11) is 0. The number of benzene rings is 1. The molecular formula is C28H36N4O4. The van der Waals surface area contributed by atoms with Gasteiger partial charge < -0.3 is 18.7 Å². The van der Waals surface area contributed by atoms with E-state index in [9.17, 15) is 4.79 Å². The lowest BCUT2D eigenvalue weighted by atomic mass is 9.88. The van der Waals surface area contributed by atoms with E-state index in [1.165, 1.54) is 19.3 Å². The quantitative estimate of drug-likeness (QED) is 0.273. The van der Waals surface area contributed by atoms with E-state index in [1.54, 1.807) is 6.07 Å². The van der Waals surface area contributed by atoms with Gasteiger partial charge in [0.2, 0.25) is 11.8 Å². The Labute approximate surface area is 212 Å². The van der Waals surface area contributed by atoms with Crippen LogP contribution in [0.1, 0.15) is 88.8 Å². The second-order valence-corrected chi connectivity index (χ2v) is 9.97. The summed E-state index contributed by atoms with van der Waals surface area (Å²) >= 11 is 0. The number of carbonyl (C=O) groups excluding carboxylic acids is 1. The largest absolute Gasteiger partial charge is 0.464 e. The Morgan fingerprint density at radius 1 is 1.03 bits per heavy atom. The number of hydrogen-bond acceptors (Lipinski definition) is 7. The van der Waals surface area contributed by atoms with Crippen LogP contribution in [0.25, 0.3) is 11.3 Å². The maximum absolute atomic E-state index is 13.6. The first-order valence-corrected chi connectivity index (χ1v) is 13.5. The minimum Gasteiger partial charge on any atom is -0.464 e. The standard InChI is InChI=1S/C28H36N4O4/c1-2-34-26-19-24(30-36-26)22-12-9-13-23(18-22)32(28(33)21-10-5-3-6-11-21)17-8-4-7-14-25-29-27(31-35-25)20-15-16-20/h9,12-13,18-21H,2-8,10-11,14-17H2,1H3. The number of anilines is 1. The van der Waals surface area contributed by atoms with Gasteiger partial charge in [0.15, 0.2) is 5.82 Å². The fraction of sp³-hybridized carbons (Fsp3) is 0.571. The Morgan fingerprint density at radius 2 is 1.89 bits per heavy atom. The summed E-state index contributed by atoms with van der Waals surface area (Å²) in [5, 5.41) is 8.25. The average Bonchev–Trinajstić information content (AvgIpc) is 3.47. The Hall–Kier alpha value is -3.16. The van der Waals surface area contributed by atoms with E-state index >= 15 is 0 Å². The first-order valence-electron chi connectivity index (χ1n) is 13.5. The zero-order valence-corrected chi connectivity index (χ0v) is 21.2. The molecule has 2 heterocycles. The molecule has 0 unspecified atom stereocenters. The van der Waals surface area contributed by atoms with Crippen LogP contribution in [0.2, 0.25) is 0 Å². The zero-order valence-electron chi connectivity index (χ0n) is 21.2. The highest BCUT2D eigenvalue weighted by molar-refractivity contribution is 5.95. The van der Waals surface area contributed by atoms with Gasteiger partial charge >= 0.3 is 5.95 Å². The first kappa shape index (κ1) is 24.5. The molecule has 36 heavy (non-hydrogen) atoms. The second kappa shape index (κ2) is 11.7. The molecule has 1 aromatic carbocycles. The van der Waals surface area contributed by atoms with Crippen LogP contribution in [0.3, 0.4) is 0 Å². The highest BCUT2D eigenvalue weighted by Gasteiger charge is 2.29. The van der Waals surface area contributed by atoms with Crippen LogP contribution >= 0.6 is 0 Å². The van der Waals surface area contributed by atoms with E-state index in [2.05, 4.69) is 15.3 Å². The minimum atomic E-state index is 0.109. The molecule has 0 spiro atoms. The van der Waals surface area contributed by atoms with Crippen LogP contribution in [0.5, 0.6) is 5.95 Å². The Kier molecular flexibility index (Phi) is 7.98. The normalized spacial score (nSPS) is 16.2. The maximum atomic E-state index is 13.6. The maximum Gasteiger partial charge on any atom is 0.311 e. The van der Waals surface area contributed by atoms with E-state index in [-0.39, 0.29) is 11.8 Å². The number of amides is 1. The number of nitrogens with zero attached hydrogens (tertiary/aromatic N) is 4. The van der Waals surface area contributed by atoms with Crippen LogP contribution < -0.4 is 9.64 Å². The van der Waals surface area contributed by atoms with Crippen LogP contribution in [-0.4, -0.2) is 34.4 Å². The highest BCUT2D eigenvalue weighted by Crippen LogP contribution is 2.38. The van der Waals surface area contributed by atoms with Gasteiger partial charge in [-0.05, 0) is 57.6 Å². The van der Waals surface area contributed by atoms with Crippen molar-refractivity contribution in [3.8, 4) is 17.2 Å². The van der Waals surface area contributed by atoms with Crippen molar-refractivity contribution < 1.29 is 18.6 Å². The lowest BCUT2D eigenvalue weighted by Crippen LogP contribution is -2.38. The molecule has 0 N–H and O–H groups in total. The highest BCUT2D eigenvalue weighted by atomic mass is 16.6. The molecule has 3 aromatic rings. The molecule has 0 saturated heterocycles. The van der Waals surface area contributed by atoms with Crippen LogP contribution in [0.4, 0.5) is 5.69 Å². The third-order valence-corrected chi connectivity index (χ3v) is 7.15. The molecule has 0 aliphatic heterocycles. The zero-order chi connectivity index (χ0) is 24.7. The van der Waals surface area contributed by atoms with Gasteiger partial charge in [-0.1, -0.05) is 48.1 Å². The van der Waals surface area contributed by atoms with Crippen molar-refractivity contribution in [2.45, 2.75) is 83.5 Å². The van der Waals surface area contributed by atoms with Crippen LogP contribution in [0.15, 0.2) is 39.4 Å². The molecule has 8 nitrogen and oxygen atoms in total. The first-order chi connectivity index (χ1) is 17.7. The van der Waals surface area contributed by atoms with Gasteiger partial charge in [-0.25, -0.2) is 0 Å². The molecule has 0 bridgehead atoms. The fourth-order valence-corrected chi connectivity index (χ4v) is 4.97. The Balaban J connectivity index is 1.23. The number of hydrogen-bond donors (Lipinski definition) is 0. The van der Waals surface area contributed by atoms with Gasteiger partial charge in [-0.15, -0.1) is 0 Å². The molecule has 2 aliphatic carbocycles. The Morgan fingerprint density at radius 3 is 2.69 bits per heavy atom. The molecule has 1 amide bonds. The third kappa shape index (κ3) is 6.15. The number of ether oxygens (including phenoxy) is 1. The van der Waals surface area contributed by atoms with Gasteiger partial charge in [0, 0.05) is 36.1 Å². The van der Waals surface area contributed by atoms with Crippen LogP contribution in [-0.2, 0) is 11.2 Å². The van der Waals surface area contributed by atoms with E-state index in [4.69, 9.17) is 13.8 Å². The van der Waals surface area contributed by atoms with Gasteiger partial charge in [0.05, 0.1) is 12.7 Å². The smallest absolute Gasteiger partial charge is 0.311 e. The fourth-order valence-electron chi connectivity index (χ4n) is 4.97. The van der Waals surface area contributed by atoms with Crippen LogP contribution in [0, 0.1) is 5.92 Å². The van der Waals surface area contributed by atoms with Gasteiger partial charge in [-0.3, -0.25) is 4.79 Å². The SMILES string of the molecule is CCOc1cc(-c2cccc(N(CCCCCc3nc(C4CC4)no3)C(=O)C3CCCCC3)c2)no1. The van der Waals surface area contributed by atoms with E-state index < -0.39 is 0 Å². The van der Waals surface area contributed by atoms with Crippen molar-refractivity contribution in [2.24, 2.45) is 5.92 Å². The second-order valence-electron chi connectivity index (χ2n) is 9.97. The van der Waals surface area contributed by atoms with Crippen molar-refractivity contribution in [2.75, 3.05) is 18.1 Å². The average molecular weight is 493 g/mol. The summed E-state index contributed by atoms with van der Waals surface area (Å²) in [5.74, 6) is 2.87. The predicted octanol–water partition coefficient (Wildman–Crippen LogP) is 6.33. The summed E-state index contributed by atoms with van der Waals surface area (Å²) in [4.78, 5) is 20.1. The predicted molar refractivity (Wildman–Crippen MR) is 136 cm³/mol. The van der Waals surface area contributed by atoms with Gasteiger partial charge in [-0.2, -0.15) is 4.98 Å². The summed E-state index contributed by atoms with van der Waals surface area (Å²) in [6.45, 7) is 3.12. The summed E-state index contributed by atoms with van der Waals surface area (Å²) in [5.41, 5.74) is 2.53. The molecule has 192 valence electrons. The number of aryl methyl sites for hydroxylation is 1. The van der Waals surface area contributed by atoms with E-state index in [1.807, 2.05) is 36.1 Å². The van der Waals surface area contributed by atoms with Crippen molar-refractivity contribution in [1.82, 2.24) is 15.3 Å². The summed E-state index contributed by atoms with van der Waals surface area (Å²) in [6, 6.07) is 9.81. The van der Waals surface area contributed by atoms with E-state index in [0.29, 0.717) is 30.7 Å². The molecule has 2 saturated carbocycles. The van der Waals surface area contributed by atoms with Crippen molar-refractivity contribution in [1.29, 1.82) is 0 Å². The number of rotatable bonds is 12. The van der Waals surface area contributed by atoms with Crippen molar-refractivity contribution in [3.63, 3.8) is 0 Å². The molecule has 2 aromatic heterocycles. The number of aromatic nitrogens is 3. The summed E-state index contributed by atoms with van der Waals surface area (Å²) < 4.78 is 16.1. The lowest BCUT2D eigenvalue weighted by molar-refractivity contribution is -0.123. The van der Waals surface area contributed by atoms with Gasteiger partial charge in [0.25, 0.3) is 0 Å². The number of carbonyl (C=O) groups is 1. The number of unbranched alkanes of at least 4 members (excludes halogenated alkanes) is 2. The lowest BCUT2D eigenvalue weighted by Gasteiger charge is -2.30. The van der Waals surface area contributed by atoms with E-state index in [0.717, 1.165) is 74.3 Å².